The Morgan fingerprint density at radius 3 is 2.11 bits per heavy atom. The first-order chi connectivity index (χ1) is 8.66. The van der Waals surface area contributed by atoms with Crippen LogP contribution in [0.1, 0.15) is 27.1 Å². The predicted octanol–water partition coefficient (Wildman–Crippen LogP) is 3.90. The number of benzene rings is 2. The number of halogens is 1. The van der Waals surface area contributed by atoms with Gasteiger partial charge in [-0.25, -0.2) is 0 Å². The van der Waals surface area contributed by atoms with Crippen LogP contribution in [0.5, 0.6) is 0 Å². The third kappa shape index (κ3) is 3.14. The Labute approximate surface area is 114 Å². The van der Waals surface area contributed by atoms with E-state index in [0.29, 0.717) is 11.1 Å². The molecule has 0 aromatic heterocycles. The van der Waals surface area contributed by atoms with E-state index in [9.17, 15) is 9.59 Å². The monoisotopic (exact) mass is 302 g/mol. The van der Waals surface area contributed by atoms with Crippen LogP contribution in [0.15, 0.2) is 59.1 Å². The molecule has 90 valence electrons. The summed E-state index contributed by atoms with van der Waals surface area (Å²) in [6.45, 7) is 0. The Bertz CT molecular complexity index is 576. The van der Waals surface area contributed by atoms with E-state index in [1.807, 2.05) is 12.1 Å². The van der Waals surface area contributed by atoms with Crippen LogP contribution in [-0.2, 0) is 0 Å². The van der Waals surface area contributed by atoms with Crippen LogP contribution in [-0.4, -0.2) is 11.6 Å². The van der Waals surface area contributed by atoms with Crippen molar-refractivity contribution >= 4 is 27.5 Å². The largest absolute Gasteiger partial charge is 0.294 e. The highest BCUT2D eigenvalue weighted by molar-refractivity contribution is 9.10. The minimum absolute atomic E-state index is 0.0968. The number of carbonyl (C=O) groups excluding carboxylic acids is 2. The summed E-state index contributed by atoms with van der Waals surface area (Å²) in [5.41, 5.74) is 1.12. The summed E-state index contributed by atoms with van der Waals surface area (Å²) in [6, 6.07) is 15.9. The van der Waals surface area contributed by atoms with E-state index in [4.69, 9.17) is 0 Å². The first-order valence-corrected chi connectivity index (χ1v) is 6.33. The lowest BCUT2D eigenvalue weighted by Crippen LogP contribution is -2.08. The maximum Gasteiger partial charge on any atom is 0.170 e. The van der Waals surface area contributed by atoms with Crippen LogP contribution in [0, 0.1) is 0 Å². The van der Waals surface area contributed by atoms with E-state index in [-0.39, 0.29) is 18.0 Å². The molecule has 2 rings (SSSR count). The molecule has 18 heavy (non-hydrogen) atoms. The second-order valence-corrected chi connectivity index (χ2v) is 4.82. The summed E-state index contributed by atoms with van der Waals surface area (Å²) < 4.78 is 0.834. The van der Waals surface area contributed by atoms with Gasteiger partial charge in [-0.05, 0) is 12.1 Å². The third-order valence-electron chi connectivity index (χ3n) is 2.56. The van der Waals surface area contributed by atoms with Crippen LogP contribution in [0.4, 0.5) is 0 Å². The highest BCUT2D eigenvalue weighted by Gasteiger charge is 2.13. The highest BCUT2D eigenvalue weighted by Crippen LogP contribution is 2.14. The van der Waals surface area contributed by atoms with Gasteiger partial charge in [0.2, 0.25) is 0 Å². The van der Waals surface area contributed by atoms with Crippen molar-refractivity contribution in [3.05, 3.63) is 70.2 Å². The van der Waals surface area contributed by atoms with E-state index < -0.39 is 0 Å². The van der Waals surface area contributed by atoms with Gasteiger partial charge >= 0.3 is 0 Å². The zero-order valence-corrected chi connectivity index (χ0v) is 11.2. The number of ketones is 2. The fraction of sp³-hybridized carbons (Fsp3) is 0.0667. The molecule has 2 aromatic rings. The molecule has 0 N–H and O–H groups in total. The van der Waals surface area contributed by atoms with E-state index in [1.165, 1.54) is 0 Å². The smallest absolute Gasteiger partial charge is 0.170 e. The van der Waals surface area contributed by atoms with Crippen molar-refractivity contribution in [3.8, 4) is 0 Å². The molecule has 0 atom stereocenters. The number of carbonyl (C=O) groups is 2. The Hall–Kier alpha value is -1.74. The molecule has 0 bridgehead atoms. The van der Waals surface area contributed by atoms with Crippen LogP contribution < -0.4 is 0 Å². The van der Waals surface area contributed by atoms with Crippen molar-refractivity contribution in [3.63, 3.8) is 0 Å². The molecule has 0 heterocycles. The van der Waals surface area contributed by atoms with Crippen LogP contribution >= 0.6 is 15.9 Å². The van der Waals surface area contributed by atoms with Crippen molar-refractivity contribution < 1.29 is 9.59 Å². The summed E-state index contributed by atoms with van der Waals surface area (Å²) in [7, 11) is 0. The predicted molar refractivity (Wildman–Crippen MR) is 73.9 cm³/mol. The molecular weight excluding hydrogens is 292 g/mol. The van der Waals surface area contributed by atoms with Gasteiger partial charge in [0, 0.05) is 15.6 Å². The number of rotatable bonds is 4. The lowest BCUT2D eigenvalue weighted by atomic mass is 10.0. The highest BCUT2D eigenvalue weighted by atomic mass is 79.9. The number of hydrogen-bond acceptors (Lipinski definition) is 2. The van der Waals surface area contributed by atoms with Crippen LogP contribution in [0.2, 0.25) is 0 Å². The van der Waals surface area contributed by atoms with Crippen LogP contribution in [0.25, 0.3) is 0 Å². The summed E-state index contributed by atoms with van der Waals surface area (Å²) in [5, 5.41) is 0. The molecule has 3 heteroatoms. The van der Waals surface area contributed by atoms with Crippen molar-refractivity contribution in [2.24, 2.45) is 0 Å². The Morgan fingerprint density at radius 1 is 0.833 bits per heavy atom. The van der Waals surface area contributed by atoms with E-state index >= 15 is 0 Å². The quantitative estimate of drug-likeness (QED) is 0.634. The topological polar surface area (TPSA) is 34.1 Å². The first-order valence-electron chi connectivity index (χ1n) is 5.54. The molecule has 0 aliphatic heterocycles. The van der Waals surface area contributed by atoms with Gasteiger partial charge in [0.15, 0.2) is 11.6 Å². The van der Waals surface area contributed by atoms with Gasteiger partial charge < -0.3 is 0 Å². The average molecular weight is 303 g/mol. The molecule has 0 spiro atoms. The standard InChI is InChI=1S/C15H11BrO2/c16-13-8-4-7-12(9-13)15(18)10-14(17)11-5-2-1-3-6-11/h1-9H,10H2. The fourth-order valence-corrected chi connectivity index (χ4v) is 2.04. The van der Waals surface area contributed by atoms with Gasteiger partial charge in [0.05, 0.1) is 6.42 Å². The summed E-state index contributed by atoms with van der Waals surface area (Å²) in [4.78, 5) is 23.8. The summed E-state index contributed by atoms with van der Waals surface area (Å²) in [6.07, 6.45) is -0.0968. The minimum Gasteiger partial charge on any atom is -0.294 e. The molecule has 0 saturated heterocycles. The van der Waals surface area contributed by atoms with Crippen molar-refractivity contribution in [1.82, 2.24) is 0 Å². The van der Waals surface area contributed by atoms with Gasteiger partial charge in [-0.3, -0.25) is 9.59 Å². The van der Waals surface area contributed by atoms with Gasteiger partial charge in [-0.15, -0.1) is 0 Å². The van der Waals surface area contributed by atoms with Gasteiger partial charge in [0.25, 0.3) is 0 Å². The first kappa shape index (κ1) is 12.7. The lowest BCUT2D eigenvalue weighted by molar-refractivity contribution is 0.0894. The SMILES string of the molecule is O=C(CC(=O)c1cccc(Br)c1)c1ccccc1. The molecule has 0 aliphatic carbocycles. The van der Waals surface area contributed by atoms with Gasteiger partial charge in [0.1, 0.15) is 0 Å². The van der Waals surface area contributed by atoms with Crippen LogP contribution in [0.3, 0.4) is 0 Å². The molecule has 2 nitrogen and oxygen atoms in total. The average Bonchev–Trinajstić information content (AvgIpc) is 2.39. The number of Topliss-reactive ketones (excluding diaryl/α,β-unsaturated/α-hetero) is 2. The van der Waals surface area contributed by atoms with Crippen molar-refractivity contribution in [2.75, 3.05) is 0 Å². The molecule has 0 amide bonds. The maximum absolute atomic E-state index is 11.9. The maximum atomic E-state index is 11.9. The van der Waals surface area contributed by atoms with Gasteiger partial charge in [-0.1, -0.05) is 58.4 Å². The Morgan fingerprint density at radius 2 is 1.44 bits per heavy atom. The fourth-order valence-electron chi connectivity index (χ4n) is 1.64. The molecular formula is C15H11BrO2. The molecule has 0 unspecified atom stereocenters. The molecule has 2 aromatic carbocycles. The second kappa shape index (κ2) is 5.74. The van der Waals surface area contributed by atoms with E-state index in [0.717, 1.165) is 4.47 Å². The zero-order valence-electron chi connectivity index (χ0n) is 9.60. The summed E-state index contributed by atoms with van der Waals surface area (Å²) in [5.74, 6) is -0.314. The van der Waals surface area contributed by atoms with Crippen molar-refractivity contribution in [2.45, 2.75) is 6.42 Å². The Kier molecular flexibility index (Phi) is 4.05. The van der Waals surface area contributed by atoms with E-state index in [2.05, 4.69) is 15.9 Å². The minimum atomic E-state index is -0.162. The molecule has 0 radical (unpaired) electrons. The lowest BCUT2D eigenvalue weighted by Gasteiger charge is -2.01. The van der Waals surface area contributed by atoms with Crippen molar-refractivity contribution in [1.29, 1.82) is 0 Å². The number of hydrogen-bond donors (Lipinski definition) is 0. The normalized spacial score (nSPS) is 10.1. The Balaban J connectivity index is 2.11. The third-order valence-corrected chi connectivity index (χ3v) is 3.06. The molecule has 0 aliphatic rings. The molecule has 0 saturated carbocycles. The second-order valence-electron chi connectivity index (χ2n) is 3.90. The van der Waals surface area contributed by atoms with Gasteiger partial charge in [-0.2, -0.15) is 0 Å². The van der Waals surface area contributed by atoms with E-state index in [1.54, 1.807) is 42.5 Å². The molecule has 0 fully saturated rings. The zero-order chi connectivity index (χ0) is 13.0. The summed E-state index contributed by atoms with van der Waals surface area (Å²) >= 11 is 3.30.